The average Bonchev–Trinajstić information content (AvgIpc) is 2.48. The van der Waals surface area contributed by atoms with Gasteiger partial charge in [0.2, 0.25) is 0 Å². The van der Waals surface area contributed by atoms with Crippen molar-refractivity contribution in [3.63, 3.8) is 0 Å². The van der Waals surface area contributed by atoms with Gasteiger partial charge in [-0.15, -0.1) is 0 Å². The van der Waals surface area contributed by atoms with Gasteiger partial charge in [-0.25, -0.2) is 9.97 Å². The summed E-state index contributed by atoms with van der Waals surface area (Å²) in [6, 6.07) is 2.29. The third kappa shape index (κ3) is 3.82. The van der Waals surface area contributed by atoms with Crippen molar-refractivity contribution >= 4 is 11.6 Å². The van der Waals surface area contributed by atoms with Crippen LogP contribution in [0.15, 0.2) is 6.07 Å². The second kappa shape index (κ2) is 7.43. The van der Waals surface area contributed by atoms with Gasteiger partial charge in [0.1, 0.15) is 17.5 Å². The molecule has 5 nitrogen and oxygen atoms in total. The molecule has 5 heteroatoms. The van der Waals surface area contributed by atoms with Gasteiger partial charge in [0.15, 0.2) is 0 Å². The van der Waals surface area contributed by atoms with Gasteiger partial charge in [-0.1, -0.05) is 19.8 Å². The van der Waals surface area contributed by atoms with Crippen molar-refractivity contribution < 1.29 is 5.11 Å². The summed E-state index contributed by atoms with van der Waals surface area (Å²) in [5.74, 6) is 2.94. The zero-order valence-corrected chi connectivity index (χ0v) is 12.5. The Morgan fingerprint density at radius 2 is 1.95 bits per heavy atom. The Morgan fingerprint density at radius 3 is 2.65 bits per heavy atom. The topological polar surface area (TPSA) is 70.1 Å². The standard InChI is InChI=1S/C15H26N4O/c1-3-13-18-14(16-4-2)9-15(19-13)17-12-8-6-5-7-11(12)10-20/h9,11-12,20H,3-8,10H2,1-2H3,(H2,16,17,18,19). The summed E-state index contributed by atoms with van der Waals surface area (Å²) in [6.45, 7) is 5.22. The normalized spacial score (nSPS) is 22.6. The molecular formula is C15H26N4O. The van der Waals surface area contributed by atoms with Crippen LogP contribution in [0.1, 0.15) is 45.4 Å². The molecule has 1 aromatic rings. The average molecular weight is 278 g/mol. The van der Waals surface area contributed by atoms with Crippen LogP contribution in [-0.2, 0) is 6.42 Å². The first-order valence-electron chi connectivity index (χ1n) is 7.76. The van der Waals surface area contributed by atoms with Crippen LogP contribution in [0, 0.1) is 5.92 Å². The minimum Gasteiger partial charge on any atom is -0.396 e. The summed E-state index contributed by atoms with van der Waals surface area (Å²) >= 11 is 0. The van der Waals surface area contributed by atoms with E-state index >= 15 is 0 Å². The van der Waals surface area contributed by atoms with E-state index in [4.69, 9.17) is 0 Å². The molecule has 112 valence electrons. The zero-order valence-electron chi connectivity index (χ0n) is 12.5. The molecule has 0 aromatic carbocycles. The lowest BCUT2D eigenvalue weighted by atomic mass is 9.85. The molecule has 1 aromatic heterocycles. The third-order valence-electron chi connectivity index (χ3n) is 3.92. The molecule has 20 heavy (non-hydrogen) atoms. The maximum atomic E-state index is 9.49. The second-order valence-electron chi connectivity index (χ2n) is 5.42. The molecule has 0 amide bonds. The molecule has 0 radical (unpaired) electrons. The zero-order chi connectivity index (χ0) is 14.4. The SMILES string of the molecule is CCNc1cc(NC2CCCCC2CO)nc(CC)n1. The summed E-state index contributed by atoms with van der Waals surface area (Å²) in [5.41, 5.74) is 0. The molecule has 1 fully saturated rings. The molecule has 1 heterocycles. The molecule has 2 atom stereocenters. The van der Waals surface area contributed by atoms with Gasteiger partial charge in [-0.2, -0.15) is 0 Å². The van der Waals surface area contributed by atoms with Gasteiger partial charge in [-0.05, 0) is 19.8 Å². The van der Waals surface area contributed by atoms with Crippen LogP contribution < -0.4 is 10.6 Å². The fraction of sp³-hybridized carbons (Fsp3) is 0.733. The molecule has 1 aliphatic carbocycles. The molecule has 2 unspecified atom stereocenters. The van der Waals surface area contributed by atoms with Gasteiger partial charge < -0.3 is 15.7 Å². The number of nitrogens with one attached hydrogen (secondary N) is 2. The highest BCUT2D eigenvalue weighted by molar-refractivity contribution is 5.48. The van der Waals surface area contributed by atoms with Crippen LogP contribution in [0.25, 0.3) is 0 Å². The molecule has 2 rings (SSSR count). The Balaban J connectivity index is 2.12. The minimum atomic E-state index is 0.253. The molecule has 1 aliphatic rings. The Hall–Kier alpha value is -1.36. The van der Waals surface area contributed by atoms with Gasteiger partial charge in [-0.3, -0.25) is 0 Å². The fourth-order valence-electron chi connectivity index (χ4n) is 2.81. The highest BCUT2D eigenvalue weighted by atomic mass is 16.3. The Kier molecular flexibility index (Phi) is 5.59. The summed E-state index contributed by atoms with van der Waals surface area (Å²) in [5, 5.41) is 16.2. The Labute approximate surface area is 121 Å². The molecule has 0 bridgehead atoms. The van der Waals surface area contributed by atoms with Crippen LogP contribution in [0.5, 0.6) is 0 Å². The predicted molar refractivity (Wildman–Crippen MR) is 82.0 cm³/mol. The van der Waals surface area contributed by atoms with E-state index in [1.165, 1.54) is 12.8 Å². The molecule has 3 N–H and O–H groups in total. The summed E-state index contributed by atoms with van der Waals surface area (Å²) in [4.78, 5) is 9.02. The van der Waals surface area contributed by atoms with Crippen LogP contribution in [0.3, 0.4) is 0 Å². The van der Waals surface area contributed by atoms with E-state index in [0.29, 0.717) is 12.0 Å². The number of aryl methyl sites for hydroxylation is 1. The smallest absolute Gasteiger partial charge is 0.132 e. The Bertz CT molecular complexity index is 424. The van der Waals surface area contributed by atoms with E-state index in [2.05, 4.69) is 34.4 Å². The summed E-state index contributed by atoms with van der Waals surface area (Å²) in [7, 11) is 0. The van der Waals surface area contributed by atoms with Gasteiger partial charge >= 0.3 is 0 Å². The van der Waals surface area contributed by atoms with Gasteiger partial charge in [0, 0.05) is 37.6 Å². The van der Waals surface area contributed by atoms with Crippen LogP contribution >= 0.6 is 0 Å². The highest BCUT2D eigenvalue weighted by Gasteiger charge is 2.24. The van der Waals surface area contributed by atoms with Gasteiger partial charge in [0.05, 0.1) is 0 Å². The maximum absolute atomic E-state index is 9.49. The number of rotatable bonds is 6. The minimum absolute atomic E-state index is 0.253. The second-order valence-corrected chi connectivity index (χ2v) is 5.42. The van der Waals surface area contributed by atoms with Crippen LogP contribution in [0.2, 0.25) is 0 Å². The fourth-order valence-corrected chi connectivity index (χ4v) is 2.81. The lowest BCUT2D eigenvalue weighted by Crippen LogP contribution is -2.34. The van der Waals surface area contributed by atoms with Crippen molar-refractivity contribution in [1.29, 1.82) is 0 Å². The van der Waals surface area contributed by atoms with Crippen molar-refractivity contribution in [1.82, 2.24) is 9.97 Å². The van der Waals surface area contributed by atoms with Gasteiger partial charge in [0.25, 0.3) is 0 Å². The monoisotopic (exact) mass is 278 g/mol. The first-order valence-corrected chi connectivity index (χ1v) is 7.76. The first kappa shape index (κ1) is 15.0. The van der Waals surface area contributed by atoms with Crippen molar-refractivity contribution in [2.24, 2.45) is 5.92 Å². The third-order valence-corrected chi connectivity index (χ3v) is 3.92. The molecule has 0 aliphatic heterocycles. The number of aliphatic hydroxyl groups excluding tert-OH is 1. The predicted octanol–water partition coefficient (Wildman–Crippen LogP) is 2.43. The lowest BCUT2D eigenvalue weighted by Gasteiger charge is -2.31. The van der Waals surface area contributed by atoms with Crippen molar-refractivity contribution in [3.05, 3.63) is 11.9 Å². The van der Waals surface area contributed by atoms with Crippen molar-refractivity contribution in [2.75, 3.05) is 23.8 Å². The number of nitrogens with zero attached hydrogens (tertiary/aromatic N) is 2. The van der Waals surface area contributed by atoms with E-state index in [1.807, 2.05) is 6.07 Å². The largest absolute Gasteiger partial charge is 0.396 e. The van der Waals surface area contributed by atoms with E-state index in [9.17, 15) is 5.11 Å². The number of hydrogen-bond acceptors (Lipinski definition) is 5. The van der Waals surface area contributed by atoms with Crippen molar-refractivity contribution in [3.8, 4) is 0 Å². The molecular weight excluding hydrogens is 252 g/mol. The lowest BCUT2D eigenvalue weighted by molar-refractivity contribution is 0.178. The van der Waals surface area contributed by atoms with E-state index in [0.717, 1.165) is 43.3 Å². The number of anilines is 2. The van der Waals surface area contributed by atoms with E-state index < -0.39 is 0 Å². The van der Waals surface area contributed by atoms with E-state index in [-0.39, 0.29) is 6.61 Å². The molecule has 1 saturated carbocycles. The Morgan fingerprint density at radius 1 is 1.20 bits per heavy atom. The maximum Gasteiger partial charge on any atom is 0.132 e. The molecule has 0 saturated heterocycles. The van der Waals surface area contributed by atoms with E-state index in [1.54, 1.807) is 0 Å². The molecule has 0 spiro atoms. The summed E-state index contributed by atoms with van der Waals surface area (Å²) in [6.07, 6.45) is 5.46. The number of aromatic nitrogens is 2. The van der Waals surface area contributed by atoms with Crippen LogP contribution in [-0.4, -0.2) is 34.3 Å². The number of hydrogen-bond donors (Lipinski definition) is 3. The highest BCUT2D eigenvalue weighted by Crippen LogP contribution is 2.27. The first-order chi connectivity index (χ1) is 9.76. The quantitative estimate of drug-likeness (QED) is 0.745. The summed E-state index contributed by atoms with van der Waals surface area (Å²) < 4.78 is 0. The van der Waals surface area contributed by atoms with Crippen LogP contribution in [0.4, 0.5) is 11.6 Å². The number of aliphatic hydroxyl groups is 1. The van der Waals surface area contributed by atoms with Crippen molar-refractivity contribution in [2.45, 2.75) is 52.0 Å².